The van der Waals surface area contributed by atoms with Crippen LogP contribution in [0.5, 0.6) is 5.75 Å². The third-order valence-corrected chi connectivity index (χ3v) is 7.41. The van der Waals surface area contributed by atoms with Crippen molar-refractivity contribution in [1.29, 1.82) is 0 Å². The Morgan fingerprint density at radius 3 is 2.19 bits per heavy atom. The maximum absolute atomic E-state index is 13.4. The summed E-state index contributed by atoms with van der Waals surface area (Å²) in [6.45, 7) is 6.81. The molecule has 2 N–H and O–H groups in total. The summed E-state index contributed by atoms with van der Waals surface area (Å²) in [4.78, 5) is 41.4. The van der Waals surface area contributed by atoms with Crippen LogP contribution in [0.1, 0.15) is 27.8 Å². The summed E-state index contributed by atoms with van der Waals surface area (Å²) < 4.78 is 5.21. The van der Waals surface area contributed by atoms with Gasteiger partial charge in [0.1, 0.15) is 11.8 Å². The van der Waals surface area contributed by atoms with E-state index in [9.17, 15) is 14.4 Å². The molecule has 1 heterocycles. The molecule has 0 aliphatic heterocycles. The quantitative estimate of drug-likeness (QED) is 0.510. The molecule has 8 nitrogen and oxygen atoms in total. The number of rotatable bonds is 8. The molecule has 2 aromatic carbocycles. The van der Waals surface area contributed by atoms with E-state index in [0.717, 1.165) is 5.56 Å². The van der Waals surface area contributed by atoms with Gasteiger partial charge >= 0.3 is 5.69 Å². The summed E-state index contributed by atoms with van der Waals surface area (Å²) in [6.07, 6.45) is 0.164. The highest BCUT2D eigenvalue weighted by atomic mass is 28.3. The number of benzene rings is 2. The van der Waals surface area contributed by atoms with Gasteiger partial charge < -0.3 is 9.64 Å². The van der Waals surface area contributed by atoms with Crippen LogP contribution < -0.4 is 15.6 Å². The van der Waals surface area contributed by atoms with Gasteiger partial charge in [-0.15, -0.1) is 5.10 Å². The zero-order valence-electron chi connectivity index (χ0n) is 18.9. The minimum absolute atomic E-state index is 0.148. The van der Waals surface area contributed by atoms with Crippen molar-refractivity contribution in [1.82, 2.24) is 20.1 Å². The van der Waals surface area contributed by atoms with Gasteiger partial charge in [0.25, 0.3) is 5.91 Å². The zero-order valence-corrected chi connectivity index (χ0v) is 19.9. The number of ketones is 1. The van der Waals surface area contributed by atoms with Crippen molar-refractivity contribution in [2.24, 2.45) is 0 Å². The third-order valence-electron chi connectivity index (χ3n) is 5.35. The van der Waals surface area contributed by atoms with E-state index in [-0.39, 0.29) is 18.0 Å². The summed E-state index contributed by atoms with van der Waals surface area (Å²) in [7, 11) is 1.65. The van der Waals surface area contributed by atoms with Crippen LogP contribution in [-0.2, 0) is 11.2 Å². The minimum Gasteiger partial charge on any atom is -0.497 e. The van der Waals surface area contributed by atoms with Crippen molar-refractivity contribution in [3.63, 3.8) is 0 Å². The number of amides is 1. The Hall–Kier alpha value is -3.46. The number of methoxy groups -OCH3 is 1. The number of nitrogens with one attached hydrogen (secondary N) is 2. The van der Waals surface area contributed by atoms with Crippen LogP contribution in [0.2, 0.25) is 19.6 Å². The second kappa shape index (κ2) is 9.35. The van der Waals surface area contributed by atoms with Crippen molar-refractivity contribution in [3.8, 4) is 5.75 Å². The first-order chi connectivity index (χ1) is 15.1. The first-order valence-corrected chi connectivity index (χ1v) is 13.8. The molecule has 168 valence electrons. The number of Topliss-reactive ketones (excluding diaryl/α,β-unsaturated/α-hetero) is 1. The van der Waals surface area contributed by atoms with E-state index in [1.807, 2.05) is 12.1 Å². The van der Waals surface area contributed by atoms with Gasteiger partial charge in [-0.3, -0.25) is 14.6 Å². The largest absolute Gasteiger partial charge is 0.497 e. The van der Waals surface area contributed by atoms with Crippen molar-refractivity contribution in [2.45, 2.75) is 32.1 Å². The minimum atomic E-state index is -1.44. The number of H-pyrrole nitrogens is 2. The number of ether oxygens (including phenoxy) is 1. The Kier molecular flexibility index (Phi) is 6.78. The Morgan fingerprint density at radius 1 is 1.06 bits per heavy atom. The molecular formula is C23H28N4O4Si. The molecule has 0 bridgehead atoms. The van der Waals surface area contributed by atoms with Crippen molar-refractivity contribution in [2.75, 3.05) is 14.2 Å². The molecule has 0 saturated carbocycles. The highest BCUT2D eigenvalue weighted by Crippen LogP contribution is 2.25. The first-order valence-electron chi connectivity index (χ1n) is 10.3. The lowest BCUT2D eigenvalue weighted by atomic mass is 9.96. The Labute approximate surface area is 187 Å². The van der Waals surface area contributed by atoms with E-state index in [4.69, 9.17) is 4.74 Å². The van der Waals surface area contributed by atoms with Crippen molar-refractivity contribution >= 4 is 25.0 Å². The lowest BCUT2D eigenvalue weighted by Crippen LogP contribution is -2.38. The van der Waals surface area contributed by atoms with Gasteiger partial charge in [0.2, 0.25) is 5.82 Å². The second-order valence-corrected chi connectivity index (χ2v) is 13.8. The predicted molar refractivity (Wildman–Crippen MR) is 125 cm³/mol. The smallest absolute Gasteiger partial charge is 0.341 e. The molecule has 1 unspecified atom stereocenters. The Bertz CT molecular complexity index is 1140. The van der Waals surface area contributed by atoms with Gasteiger partial charge in [-0.1, -0.05) is 61.2 Å². The van der Waals surface area contributed by atoms with Gasteiger partial charge in [-0.05, 0) is 23.3 Å². The fourth-order valence-corrected chi connectivity index (χ4v) is 4.65. The summed E-state index contributed by atoms with van der Waals surface area (Å²) >= 11 is 0. The summed E-state index contributed by atoms with van der Waals surface area (Å²) in [5, 5.41) is 7.20. The maximum Gasteiger partial charge on any atom is 0.341 e. The average Bonchev–Trinajstić information content (AvgIpc) is 3.19. The predicted octanol–water partition coefficient (Wildman–Crippen LogP) is 2.28. The molecule has 9 heteroatoms. The van der Waals surface area contributed by atoms with E-state index in [0.29, 0.717) is 11.3 Å². The molecule has 0 radical (unpaired) electrons. The Balaban J connectivity index is 1.91. The lowest BCUT2D eigenvalue weighted by molar-refractivity contribution is -0.122. The molecule has 1 amide bonds. The fourth-order valence-electron chi connectivity index (χ4n) is 3.49. The lowest BCUT2D eigenvalue weighted by Gasteiger charge is -2.27. The highest BCUT2D eigenvalue weighted by Gasteiger charge is 2.30. The number of likely N-dealkylation sites (N-methyl/N-ethyl adjacent to an activating group) is 1. The molecule has 1 aromatic heterocycles. The zero-order chi connectivity index (χ0) is 23.5. The van der Waals surface area contributed by atoms with Crippen molar-refractivity contribution < 1.29 is 14.3 Å². The summed E-state index contributed by atoms with van der Waals surface area (Å²) in [5.41, 5.74) is 0.935. The molecule has 0 aliphatic rings. The van der Waals surface area contributed by atoms with Gasteiger partial charge in [-0.25, -0.2) is 9.89 Å². The standard InChI is InChI=1S/C23H28N4O4Si/c1-27(22(29)21-24-23(30)26-25-21)20(16-8-10-17(31-2)11-9-16)19(28)14-15-6-12-18(13-7-15)32(3,4)5/h6-13,20H,14H2,1-5H3,(H2,24,25,26,30). The number of aromatic amines is 2. The molecular weight excluding hydrogens is 424 g/mol. The first kappa shape index (κ1) is 23.2. The van der Waals surface area contributed by atoms with E-state index in [2.05, 4.69) is 47.0 Å². The van der Waals surface area contributed by atoms with E-state index in [1.165, 1.54) is 17.1 Å². The normalized spacial score (nSPS) is 12.3. The second-order valence-electron chi connectivity index (χ2n) is 8.71. The SMILES string of the molecule is COc1ccc(C(C(=O)Cc2ccc([Si](C)(C)C)cc2)N(C)C(=O)c2n[nH]c(=O)[nH]2)cc1. The monoisotopic (exact) mass is 452 g/mol. The van der Waals surface area contributed by atoms with Crippen LogP contribution in [0.25, 0.3) is 0 Å². The summed E-state index contributed by atoms with van der Waals surface area (Å²) in [5.74, 6) is -0.216. The number of aromatic nitrogens is 3. The van der Waals surface area contributed by atoms with Gasteiger partial charge in [0, 0.05) is 13.5 Å². The molecule has 32 heavy (non-hydrogen) atoms. The molecule has 0 aliphatic carbocycles. The third kappa shape index (κ3) is 5.23. The van der Waals surface area contributed by atoms with E-state index >= 15 is 0 Å². The van der Waals surface area contributed by atoms with Crippen LogP contribution in [0, 0.1) is 0 Å². The average molecular weight is 453 g/mol. The van der Waals surface area contributed by atoms with Crippen LogP contribution in [-0.4, -0.2) is 54.0 Å². The number of hydrogen-bond acceptors (Lipinski definition) is 5. The Morgan fingerprint density at radius 2 is 1.69 bits per heavy atom. The van der Waals surface area contributed by atoms with Crippen molar-refractivity contribution in [3.05, 3.63) is 76.0 Å². The van der Waals surface area contributed by atoms with Crippen LogP contribution >= 0.6 is 0 Å². The van der Waals surface area contributed by atoms with Gasteiger partial charge in [-0.2, -0.15) is 0 Å². The summed E-state index contributed by atoms with van der Waals surface area (Å²) in [6, 6.07) is 14.3. The fraction of sp³-hybridized carbons (Fsp3) is 0.304. The number of carbonyl (C=O) groups excluding carboxylic acids is 2. The highest BCUT2D eigenvalue weighted by molar-refractivity contribution is 6.88. The number of nitrogens with zero attached hydrogens (tertiary/aromatic N) is 2. The number of carbonyl (C=O) groups is 2. The molecule has 0 fully saturated rings. The van der Waals surface area contributed by atoms with E-state index < -0.39 is 25.7 Å². The molecule has 3 rings (SSSR count). The van der Waals surface area contributed by atoms with Gasteiger partial charge in [0.15, 0.2) is 5.78 Å². The molecule has 3 aromatic rings. The van der Waals surface area contributed by atoms with Gasteiger partial charge in [0.05, 0.1) is 15.2 Å². The number of hydrogen-bond donors (Lipinski definition) is 2. The topological polar surface area (TPSA) is 108 Å². The van der Waals surface area contributed by atoms with Crippen LogP contribution in [0.3, 0.4) is 0 Å². The van der Waals surface area contributed by atoms with Crippen LogP contribution in [0.15, 0.2) is 53.3 Å². The molecule has 0 spiro atoms. The van der Waals surface area contributed by atoms with E-state index in [1.54, 1.807) is 31.4 Å². The maximum atomic E-state index is 13.4. The van der Waals surface area contributed by atoms with Crippen LogP contribution in [0.4, 0.5) is 0 Å². The molecule has 0 saturated heterocycles. The molecule has 1 atom stereocenters.